The second-order valence-electron chi connectivity index (χ2n) is 5.36. The predicted octanol–water partition coefficient (Wildman–Crippen LogP) is 2.24. The molecular weight excluding hydrogens is 328 g/mol. The molecule has 2 aromatic rings. The van der Waals surface area contributed by atoms with E-state index in [0.29, 0.717) is 17.1 Å². The Morgan fingerprint density at radius 3 is 2.54 bits per heavy atom. The van der Waals surface area contributed by atoms with Crippen LogP contribution in [0, 0.1) is 0 Å². The molecule has 1 amide bonds. The highest BCUT2D eigenvalue weighted by atomic mass is 32.2. The number of benzene rings is 2. The summed E-state index contributed by atoms with van der Waals surface area (Å²) in [6, 6.07) is 15.8. The van der Waals surface area contributed by atoms with E-state index in [4.69, 9.17) is 4.74 Å². The van der Waals surface area contributed by atoms with E-state index in [-0.39, 0.29) is 18.2 Å². The fraction of sp³-hybridized carbons (Fsp3) is 0.235. The van der Waals surface area contributed by atoms with Gasteiger partial charge in [0.25, 0.3) is 5.91 Å². The van der Waals surface area contributed by atoms with E-state index in [9.17, 15) is 13.2 Å². The monoisotopic (exact) mass is 346 g/mol. The Labute approximate surface area is 141 Å². The minimum Gasteiger partial charge on any atom is -0.476 e. The Morgan fingerprint density at radius 2 is 1.83 bits per heavy atom. The lowest BCUT2D eigenvalue weighted by Crippen LogP contribution is -2.49. The van der Waals surface area contributed by atoms with Gasteiger partial charge >= 0.3 is 0 Å². The second kappa shape index (κ2) is 6.52. The standard InChI is InChI=1S/C17H18N2O4S/c1-2-24(21,22)19-12-16(23-15-11-7-6-10-14(15)19)17(20)18-13-8-4-3-5-9-13/h3-11,16H,2,12H2,1H3,(H,18,20). The number of anilines is 2. The highest BCUT2D eigenvalue weighted by Crippen LogP contribution is 2.35. The van der Waals surface area contributed by atoms with Crippen LogP contribution in [0.4, 0.5) is 11.4 Å². The topological polar surface area (TPSA) is 75.7 Å². The molecule has 126 valence electrons. The van der Waals surface area contributed by atoms with Crippen molar-refractivity contribution >= 4 is 27.3 Å². The Balaban J connectivity index is 1.88. The number of para-hydroxylation sites is 3. The normalized spacial score (nSPS) is 16.9. The van der Waals surface area contributed by atoms with Crippen LogP contribution in [0.1, 0.15) is 6.92 Å². The second-order valence-corrected chi connectivity index (χ2v) is 7.54. The molecule has 0 aromatic heterocycles. The first kappa shape index (κ1) is 16.3. The van der Waals surface area contributed by atoms with Gasteiger partial charge in [-0.05, 0) is 31.2 Å². The van der Waals surface area contributed by atoms with E-state index < -0.39 is 16.1 Å². The molecule has 2 aromatic carbocycles. The summed E-state index contributed by atoms with van der Waals surface area (Å²) >= 11 is 0. The summed E-state index contributed by atoms with van der Waals surface area (Å²) in [5, 5.41) is 2.75. The maximum atomic E-state index is 12.5. The maximum absolute atomic E-state index is 12.5. The summed E-state index contributed by atoms with van der Waals surface area (Å²) in [5.41, 5.74) is 1.10. The van der Waals surface area contributed by atoms with Gasteiger partial charge in [0.05, 0.1) is 18.0 Å². The third-order valence-corrected chi connectivity index (χ3v) is 5.52. The number of fused-ring (bicyclic) bond motifs is 1. The lowest BCUT2D eigenvalue weighted by Gasteiger charge is -2.34. The van der Waals surface area contributed by atoms with Gasteiger partial charge in [-0.25, -0.2) is 8.42 Å². The van der Waals surface area contributed by atoms with Crippen LogP contribution in [0.3, 0.4) is 0 Å². The predicted molar refractivity (Wildman–Crippen MR) is 92.7 cm³/mol. The van der Waals surface area contributed by atoms with E-state index in [0.717, 1.165) is 0 Å². The number of hydrogen-bond acceptors (Lipinski definition) is 4. The fourth-order valence-corrected chi connectivity index (χ4v) is 3.63. The zero-order chi connectivity index (χ0) is 17.2. The van der Waals surface area contributed by atoms with Crippen molar-refractivity contribution in [3.05, 3.63) is 54.6 Å². The lowest BCUT2D eigenvalue weighted by molar-refractivity contribution is -0.122. The number of carbonyl (C=O) groups excluding carboxylic acids is 1. The maximum Gasteiger partial charge on any atom is 0.267 e. The van der Waals surface area contributed by atoms with Crippen molar-refractivity contribution in [2.75, 3.05) is 21.9 Å². The minimum absolute atomic E-state index is 0.0473. The molecule has 0 saturated carbocycles. The largest absolute Gasteiger partial charge is 0.476 e. The van der Waals surface area contributed by atoms with Gasteiger partial charge in [0.15, 0.2) is 6.10 Å². The van der Waals surface area contributed by atoms with Gasteiger partial charge in [0.1, 0.15) is 5.75 Å². The fourth-order valence-electron chi connectivity index (χ4n) is 2.50. The third kappa shape index (κ3) is 3.21. The van der Waals surface area contributed by atoms with Crippen LogP contribution >= 0.6 is 0 Å². The summed E-state index contributed by atoms with van der Waals surface area (Å²) in [4.78, 5) is 12.5. The van der Waals surface area contributed by atoms with Gasteiger partial charge < -0.3 is 10.1 Å². The summed E-state index contributed by atoms with van der Waals surface area (Å²) in [5.74, 6) is -0.0463. The van der Waals surface area contributed by atoms with Gasteiger partial charge in [-0.1, -0.05) is 30.3 Å². The molecule has 1 unspecified atom stereocenters. The molecule has 0 bridgehead atoms. The molecule has 1 aliphatic rings. The lowest BCUT2D eigenvalue weighted by atomic mass is 10.2. The molecule has 0 aliphatic carbocycles. The Kier molecular flexibility index (Phi) is 4.44. The summed E-state index contributed by atoms with van der Waals surface area (Å²) in [6.07, 6.45) is -0.915. The van der Waals surface area contributed by atoms with Crippen LogP contribution in [0.5, 0.6) is 5.75 Å². The summed E-state index contributed by atoms with van der Waals surface area (Å²) in [6.45, 7) is 1.53. The summed E-state index contributed by atoms with van der Waals surface area (Å²) < 4.78 is 31.7. The van der Waals surface area contributed by atoms with Crippen molar-refractivity contribution < 1.29 is 17.9 Å². The molecule has 0 fully saturated rings. The molecule has 1 N–H and O–H groups in total. The van der Waals surface area contributed by atoms with E-state index >= 15 is 0 Å². The summed E-state index contributed by atoms with van der Waals surface area (Å²) in [7, 11) is -3.50. The molecular formula is C17H18N2O4S. The number of sulfonamides is 1. The number of amides is 1. The van der Waals surface area contributed by atoms with E-state index in [2.05, 4.69) is 5.32 Å². The first-order chi connectivity index (χ1) is 11.5. The van der Waals surface area contributed by atoms with E-state index in [1.807, 2.05) is 6.07 Å². The Hall–Kier alpha value is -2.54. The van der Waals surface area contributed by atoms with Crippen molar-refractivity contribution in [2.24, 2.45) is 0 Å². The first-order valence-corrected chi connectivity index (χ1v) is 9.24. The van der Waals surface area contributed by atoms with Gasteiger partial charge in [0, 0.05) is 5.69 Å². The Morgan fingerprint density at radius 1 is 1.17 bits per heavy atom. The van der Waals surface area contributed by atoms with E-state index in [1.165, 1.54) is 4.31 Å². The molecule has 7 heteroatoms. The molecule has 0 saturated heterocycles. The third-order valence-electron chi connectivity index (χ3n) is 3.77. The average molecular weight is 346 g/mol. The van der Waals surface area contributed by atoms with Crippen LogP contribution in [-0.4, -0.2) is 32.7 Å². The highest BCUT2D eigenvalue weighted by Gasteiger charge is 2.35. The van der Waals surface area contributed by atoms with Gasteiger partial charge in [-0.2, -0.15) is 0 Å². The first-order valence-electron chi connectivity index (χ1n) is 7.63. The molecule has 1 atom stereocenters. The van der Waals surface area contributed by atoms with Crippen molar-refractivity contribution in [3.63, 3.8) is 0 Å². The number of ether oxygens (including phenoxy) is 1. The quantitative estimate of drug-likeness (QED) is 0.921. The molecule has 3 rings (SSSR count). The number of nitrogens with one attached hydrogen (secondary N) is 1. The van der Waals surface area contributed by atoms with Crippen molar-refractivity contribution in [2.45, 2.75) is 13.0 Å². The van der Waals surface area contributed by atoms with Gasteiger partial charge in [-0.15, -0.1) is 0 Å². The SMILES string of the molecule is CCS(=O)(=O)N1CC(C(=O)Nc2ccccc2)Oc2ccccc21. The Bertz CT molecular complexity index is 837. The molecule has 0 radical (unpaired) electrons. The highest BCUT2D eigenvalue weighted by molar-refractivity contribution is 7.92. The van der Waals surface area contributed by atoms with Gasteiger partial charge in [0.2, 0.25) is 10.0 Å². The van der Waals surface area contributed by atoms with Gasteiger partial charge in [-0.3, -0.25) is 9.10 Å². The molecule has 1 heterocycles. The number of hydrogen-bond donors (Lipinski definition) is 1. The zero-order valence-electron chi connectivity index (χ0n) is 13.2. The molecule has 1 aliphatic heterocycles. The smallest absolute Gasteiger partial charge is 0.267 e. The van der Waals surface area contributed by atoms with Crippen molar-refractivity contribution in [1.29, 1.82) is 0 Å². The van der Waals surface area contributed by atoms with Crippen LogP contribution < -0.4 is 14.4 Å². The minimum atomic E-state index is -3.50. The molecule has 0 spiro atoms. The van der Waals surface area contributed by atoms with Crippen LogP contribution in [0.15, 0.2) is 54.6 Å². The van der Waals surface area contributed by atoms with Crippen LogP contribution in [0.25, 0.3) is 0 Å². The number of nitrogens with zero attached hydrogens (tertiary/aromatic N) is 1. The van der Waals surface area contributed by atoms with E-state index in [1.54, 1.807) is 55.5 Å². The van der Waals surface area contributed by atoms with Crippen LogP contribution in [-0.2, 0) is 14.8 Å². The zero-order valence-corrected chi connectivity index (χ0v) is 14.0. The number of rotatable bonds is 4. The average Bonchev–Trinajstić information content (AvgIpc) is 2.61. The number of carbonyl (C=O) groups is 1. The molecule has 6 nitrogen and oxygen atoms in total. The van der Waals surface area contributed by atoms with Crippen molar-refractivity contribution in [3.8, 4) is 5.75 Å². The van der Waals surface area contributed by atoms with Crippen LogP contribution in [0.2, 0.25) is 0 Å². The van der Waals surface area contributed by atoms with Crippen molar-refractivity contribution in [1.82, 2.24) is 0 Å². The molecule has 24 heavy (non-hydrogen) atoms.